The van der Waals surface area contributed by atoms with E-state index in [0.717, 1.165) is 30.7 Å². The van der Waals surface area contributed by atoms with Crippen LogP contribution in [-0.2, 0) is 6.54 Å². The summed E-state index contributed by atoms with van der Waals surface area (Å²) in [5.74, 6) is 5.98. The Kier molecular flexibility index (Phi) is 4.98. The number of nitrogens with zero attached hydrogens (tertiary/aromatic N) is 3. The summed E-state index contributed by atoms with van der Waals surface area (Å²) >= 11 is 0. The second-order valence-corrected chi connectivity index (χ2v) is 4.17. The average molecular weight is 258 g/mol. The van der Waals surface area contributed by atoms with Gasteiger partial charge in [0.15, 0.2) is 0 Å². The zero-order valence-corrected chi connectivity index (χ0v) is 10.8. The highest BCUT2D eigenvalue weighted by molar-refractivity contribution is 5.83. The lowest BCUT2D eigenvalue weighted by molar-refractivity contribution is 0.303. The monoisotopic (exact) mass is 258 g/mol. The van der Waals surface area contributed by atoms with Gasteiger partial charge in [0.1, 0.15) is 5.75 Å². The van der Waals surface area contributed by atoms with Crippen LogP contribution in [0.1, 0.15) is 18.4 Å². The number of rotatable bonds is 7. The number of nitrogens with two attached hydrogens (primary N) is 1. The molecule has 0 unspecified atom stereocenters. The summed E-state index contributed by atoms with van der Waals surface area (Å²) < 4.78 is 7.80. The second-order valence-electron chi connectivity index (χ2n) is 4.17. The Hall–Kier alpha value is -2.30. The maximum absolute atomic E-state index is 5.74. The van der Waals surface area contributed by atoms with Crippen LogP contribution in [0.2, 0.25) is 0 Å². The Labute approximate surface area is 112 Å². The normalized spacial score (nSPS) is 10.9. The molecule has 5 nitrogen and oxygen atoms in total. The SMILES string of the molecule is NN=Cc1ccccc1OCCCCn1ccnc1. The number of unbranched alkanes of at least 4 members (excludes halogenated alkanes) is 1. The molecule has 0 fully saturated rings. The first-order chi connectivity index (χ1) is 9.40. The minimum Gasteiger partial charge on any atom is -0.493 e. The molecule has 5 heteroatoms. The van der Waals surface area contributed by atoms with E-state index in [4.69, 9.17) is 10.6 Å². The minimum atomic E-state index is 0.685. The van der Waals surface area contributed by atoms with E-state index in [-0.39, 0.29) is 0 Å². The molecule has 2 N–H and O–H groups in total. The predicted octanol–water partition coefficient (Wildman–Crippen LogP) is 2.03. The summed E-state index contributed by atoms with van der Waals surface area (Å²) in [6.07, 6.45) is 9.23. The van der Waals surface area contributed by atoms with Crippen molar-refractivity contribution >= 4 is 6.21 Å². The summed E-state index contributed by atoms with van der Waals surface area (Å²) in [6.45, 7) is 1.65. The molecule has 0 radical (unpaired) electrons. The van der Waals surface area contributed by atoms with Gasteiger partial charge in [0.05, 0.1) is 19.1 Å². The van der Waals surface area contributed by atoms with Gasteiger partial charge in [-0.1, -0.05) is 12.1 Å². The maximum Gasteiger partial charge on any atom is 0.128 e. The number of para-hydroxylation sites is 1. The molecule has 0 saturated heterocycles. The van der Waals surface area contributed by atoms with E-state index in [9.17, 15) is 0 Å². The highest BCUT2D eigenvalue weighted by Gasteiger charge is 2.00. The molecule has 0 aliphatic carbocycles. The number of aromatic nitrogens is 2. The van der Waals surface area contributed by atoms with E-state index < -0.39 is 0 Å². The van der Waals surface area contributed by atoms with Crippen molar-refractivity contribution < 1.29 is 4.74 Å². The summed E-state index contributed by atoms with van der Waals surface area (Å²) in [4.78, 5) is 4.01. The number of aryl methyl sites for hydroxylation is 1. The lowest BCUT2D eigenvalue weighted by Crippen LogP contribution is -2.02. The summed E-state index contributed by atoms with van der Waals surface area (Å²) in [7, 11) is 0. The molecule has 1 heterocycles. The third-order valence-corrected chi connectivity index (χ3v) is 2.76. The Bertz CT molecular complexity index is 508. The molecule has 2 rings (SSSR count). The molecule has 1 aromatic heterocycles. The van der Waals surface area contributed by atoms with Crippen molar-refractivity contribution in [2.45, 2.75) is 19.4 Å². The topological polar surface area (TPSA) is 65.4 Å². The van der Waals surface area contributed by atoms with Gasteiger partial charge in [0.2, 0.25) is 0 Å². The Balaban J connectivity index is 1.73. The average Bonchev–Trinajstić information content (AvgIpc) is 2.94. The molecule has 0 saturated carbocycles. The van der Waals surface area contributed by atoms with Crippen LogP contribution in [0.3, 0.4) is 0 Å². The molecule has 0 aliphatic rings. The van der Waals surface area contributed by atoms with Crippen molar-refractivity contribution in [3.05, 3.63) is 48.5 Å². The Morgan fingerprint density at radius 2 is 2.21 bits per heavy atom. The number of hydrogen-bond donors (Lipinski definition) is 1. The maximum atomic E-state index is 5.74. The van der Waals surface area contributed by atoms with Gasteiger partial charge in [-0.2, -0.15) is 5.10 Å². The summed E-state index contributed by atoms with van der Waals surface area (Å²) in [5, 5.41) is 3.53. The van der Waals surface area contributed by atoms with Gasteiger partial charge in [-0.3, -0.25) is 0 Å². The van der Waals surface area contributed by atoms with Gasteiger partial charge in [0.25, 0.3) is 0 Å². The van der Waals surface area contributed by atoms with Crippen molar-refractivity contribution in [2.75, 3.05) is 6.61 Å². The van der Waals surface area contributed by atoms with Gasteiger partial charge in [-0.15, -0.1) is 0 Å². The number of benzene rings is 1. The third kappa shape index (κ3) is 4.13. The van der Waals surface area contributed by atoms with Gasteiger partial charge < -0.3 is 15.1 Å². The first-order valence-corrected chi connectivity index (χ1v) is 6.31. The third-order valence-electron chi connectivity index (χ3n) is 2.76. The molecule has 0 aliphatic heterocycles. The van der Waals surface area contributed by atoms with Crippen molar-refractivity contribution in [2.24, 2.45) is 10.9 Å². The Morgan fingerprint density at radius 1 is 1.32 bits per heavy atom. The van der Waals surface area contributed by atoms with E-state index in [2.05, 4.69) is 14.7 Å². The number of hydrazone groups is 1. The highest BCUT2D eigenvalue weighted by Crippen LogP contribution is 2.16. The van der Waals surface area contributed by atoms with Crippen molar-refractivity contribution in [1.82, 2.24) is 9.55 Å². The summed E-state index contributed by atoms with van der Waals surface area (Å²) in [5.41, 5.74) is 0.902. The number of ether oxygens (including phenoxy) is 1. The second kappa shape index (κ2) is 7.20. The minimum absolute atomic E-state index is 0.685. The molecule has 100 valence electrons. The first kappa shape index (κ1) is 13.1. The zero-order valence-electron chi connectivity index (χ0n) is 10.8. The first-order valence-electron chi connectivity index (χ1n) is 6.31. The molecular weight excluding hydrogens is 240 g/mol. The molecule has 2 aromatic rings. The Morgan fingerprint density at radius 3 is 3.00 bits per heavy atom. The fourth-order valence-electron chi connectivity index (χ4n) is 1.80. The van der Waals surface area contributed by atoms with Crippen LogP contribution in [0, 0.1) is 0 Å². The van der Waals surface area contributed by atoms with Gasteiger partial charge in [-0.25, -0.2) is 4.98 Å². The van der Waals surface area contributed by atoms with Crippen molar-refractivity contribution in [3.8, 4) is 5.75 Å². The van der Waals surface area contributed by atoms with Crippen LogP contribution in [0.5, 0.6) is 5.75 Å². The largest absolute Gasteiger partial charge is 0.493 e. The standard InChI is InChI=1S/C14H18N4O/c15-17-11-13-5-1-2-6-14(13)19-10-4-3-8-18-9-7-16-12-18/h1-2,5-7,9,11-12H,3-4,8,10,15H2. The molecule has 0 atom stereocenters. The van der Waals surface area contributed by atoms with Gasteiger partial charge in [-0.05, 0) is 25.0 Å². The molecular formula is C14H18N4O. The van der Waals surface area contributed by atoms with Crippen LogP contribution in [0.25, 0.3) is 0 Å². The van der Waals surface area contributed by atoms with E-state index in [1.165, 1.54) is 0 Å². The van der Waals surface area contributed by atoms with Gasteiger partial charge in [0, 0.05) is 24.5 Å². The molecule has 19 heavy (non-hydrogen) atoms. The lowest BCUT2D eigenvalue weighted by atomic mass is 10.2. The predicted molar refractivity (Wildman–Crippen MR) is 75.2 cm³/mol. The van der Waals surface area contributed by atoms with Crippen LogP contribution in [0.4, 0.5) is 0 Å². The van der Waals surface area contributed by atoms with E-state index >= 15 is 0 Å². The van der Waals surface area contributed by atoms with Crippen molar-refractivity contribution in [1.29, 1.82) is 0 Å². The molecule has 0 bridgehead atoms. The number of imidazole rings is 1. The van der Waals surface area contributed by atoms with E-state index in [0.29, 0.717) is 6.61 Å². The quantitative estimate of drug-likeness (QED) is 0.358. The highest BCUT2D eigenvalue weighted by atomic mass is 16.5. The molecule has 0 amide bonds. The summed E-state index contributed by atoms with van der Waals surface area (Å²) in [6, 6.07) is 7.72. The van der Waals surface area contributed by atoms with Crippen LogP contribution < -0.4 is 10.6 Å². The van der Waals surface area contributed by atoms with Gasteiger partial charge >= 0.3 is 0 Å². The zero-order chi connectivity index (χ0) is 13.3. The van der Waals surface area contributed by atoms with E-state index in [1.807, 2.05) is 36.8 Å². The smallest absolute Gasteiger partial charge is 0.128 e. The van der Waals surface area contributed by atoms with Crippen LogP contribution in [0.15, 0.2) is 48.1 Å². The lowest BCUT2D eigenvalue weighted by Gasteiger charge is -2.08. The van der Waals surface area contributed by atoms with Crippen LogP contribution >= 0.6 is 0 Å². The number of hydrogen-bond acceptors (Lipinski definition) is 4. The molecule has 0 spiro atoms. The van der Waals surface area contributed by atoms with E-state index in [1.54, 1.807) is 12.4 Å². The fraction of sp³-hybridized carbons (Fsp3) is 0.286. The van der Waals surface area contributed by atoms with Crippen molar-refractivity contribution in [3.63, 3.8) is 0 Å². The fourth-order valence-corrected chi connectivity index (χ4v) is 1.80. The molecule has 1 aromatic carbocycles. The van der Waals surface area contributed by atoms with Crippen LogP contribution in [-0.4, -0.2) is 22.4 Å².